The van der Waals surface area contributed by atoms with Crippen LogP contribution >= 0.6 is 0 Å². The van der Waals surface area contributed by atoms with Crippen LogP contribution in [0, 0.1) is 18.3 Å². The molecule has 0 aliphatic rings. The highest BCUT2D eigenvalue weighted by Gasteiger charge is 2.14. The molecule has 160 valence electrons. The lowest BCUT2D eigenvalue weighted by molar-refractivity contribution is 0.185. The maximum absolute atomic E-state index is 13.3. The molecule has 0 unspecified atom stereocenters. The summed E-state index contributed by atoms with van der Waals surface area (Å²) in [6, 6.07) is 20.2. The summed E-state index contributed by atoms with van der Waals surface area (Å²) < 4.78 is 7.03. The van der Waals surface area contributed by atoms with Gasteiger partial charge >= 0.3 is 0 Å². The number of hydrogen-bond donors (Lipinski definition) is 0. The Balaban J connectivity index is 1.95. The van der Waals surface area contributed by atoms with E-state index in [0.717, 1.165) is 52.8 Å². The number of pyridine rings is 1. The molecule has 0 radical (unpaired) electrons. The van der Waals surface area contributed by atoms with Gasteiger partial charge in [0.25, 0.3) is 5.56 Å². The molecule has 2 aromatic carbocycles. The van der Waals surface area contributed by atoms with Crippen LogP contribution in [-0.2, 0) is 24.1 Å². The molecule has 0 bridgehead atoms. The van der Waals surface area contributed by atoms with Gasteiger partial charge in [0.1, 0.15) is 0 Å². The topological polar surface area (TPSA) is 55.0 Å². The third-order valence-electron chi connectivity index (χ3n) is 5.71. The lowest BCUT2D eigenvalue weighted by Crippen LogP contribution is -2.29. The molecule has 0 N–H and O–H groups in total. The highest BCUT2D eigenvalue weighted by atomic mass is 16.5. The minimum atomic E-state index is 0.0852. The third-order valence-corrected chi connectivity index (χ3v) is 5.71. The Morgan fingerprint density at radius 3 is 2.52 bits per heavy atom. The second-order valence-electron chi connectivity index (χ2n) is 7.87. The molecule has 3 rings (SSSR count). The van der Waals surface area contributed by atoms with E-state index in [4.69, 9.17) is 4.74 Å². The molecule has 0 aliphatic carbocycles. The van der Waals surface area contributed by atoms with Gasteiger partial charge in [0.2, 0.25) is 0 Å². The minimum Gasteiger partial charge on any atom is -0.383 e. The van der Waals surface area contributed by atoms with Gasteiger partial charge in [0.05, 0.1) is 18.2 Å². The minimum absolute atomic E-state index is 0.0852. The second-order valence-corrected chi connectivity index (χ2v) is 7.87. The zero-order chi connectivity index (χ0) is 22.2. The van der Waals surface area contributed by atoms with E-state index in [9.17, 15) is 10.1 Å². The molecule has 31 heavy (non-hydrogen) atoms. The molecule has 4 nitrogen and oxygen atoms in total. The van der Waals surface area contributed by atoms with Gasteiger partial charge in [0, 0.05) is 31.3 Å². The van der Waals surface area contributed by atoms with Crippen molar-refractivity contribution in [2.75, 3.05) is 13.7 Å². The Bertz CT molecular complexity index is 1120. The molecule has 3 aromatic rings. The van der Waals surface area contributed by atoms with Gasteiger partial charge in [0.15, 0.2) is 0 Å². The lowest BCUT2D eigenvalue weighted by atomic mass is 9.95. The molecule has 0 atom stereocenters. The number of unbranched alkanes of at least 4 members (excludes halogenated alkanes) is 1. The zero-order valence-electron chi connectivity index (χ0n) is 18.6. The predicted molar refractivity (Wildman–Crippen MR) is 125 cm³/mol. The lowest BCUT2D eigenvalue weighted by Gasteiger charge is -2.16. The number of nitrogens with zero attached hydrogens (tertiary/aromatic N) is 2. The van der Waals surface area contributed by atoms with Crippen molar-refractivity contribution in [3.8, 4) is 17.2 Å². The Morgan fingerprint density at radius 2 is 1.84 bits per heavy atom. The molecule has 1 heterocycles. The van der Waals surface area contributed by atoms with E-state index < -0.39 is 0 Å². The number of aryl methyl sites for hydroxylation is 2. The van der Waals surface area contributed by atoms with Crippen LogP contribution in [0.4, 0.5) is 0 Å². The molecular formula is C27H30N2O2. The van der Waals surface area contributed by atoms with Crippen LogP contribution in [0.2, 0.25) is 0 Å². The average molecular weight is 415 g/mol. The number of methoxy groups -OCH3 is 1. The van der Waals surface area contributed by atoms with Gasteiger partial charge in [-0.2, -0.15) is 5.26 Å². The first-order valence-electron chi connectivity index (χ1n) is 10.9. The SMILES string of the molecule is CCCCc1cc(C)n(CCOC)c(=O)c1Cc1ccc(-c2ccccc2C#N)cc1. The first-order valence-corrected chi connectivity index (χ1v) is 10.9. The Kier molecular flexibility index (Phi) is 7.81. The van der Waals surface area contributed by atoms with E-state index in [0.29, 0.717) is 25.1 Å². The van der Waals surface area contributed by atoms with Crippen LogP contribution in [0.5, 0.6) is 0 Å². The van der Waals surface area contributed by atoms with Crippen LogP contribution in [0.15, 0.2) is 59.4 Å². The van der Waals surface area contributed by atoms with Gasteiger partial charge in [-0.1, -0.05) is 55.8 Å². The van der Waals surface area contributed by atoms with E-state index in [1.54, 1.807) is 7.11 Å². The van der Waals surface area contributed by atoms with Crippen LogP contribution in [0.3, 0.4) is 0 Å². The number of aromatic nitrogens is 1. The maximum atomic E-state index is 13.3. The molecule has 0 amide bonds. The van der Waals surface area contributed by atoms with Crippen molar-refractivity contribution in [2.45, 2.75) is 46.1 Å². The van der Waals surface area contributed by atoms with Crippen molar-refractivity contribution in [3.63, 3.8) is 0 Å². The monoisotopic (exact) mass is 414 g/mol. The van der Waals surface area contributed by atoms with Gasteiger partial charge in [-0.3, -0.25) is 4.79 Å². The van der Waals surface area contributed by atoms with E-state index in [2.05, 4.69) is 31.2 Å². The summed E-state index contributed by atoms with van der Waals surface area (Å²) in [6.45, 7) is 5.25. The third kappa shape index (κ3) is 5.31. The smallest absolute Gasteiger partial charge is 0.254 e. The Labute approximate surface area is 184 Å². The zero-order valence-corrected chi connectivity index (χ0v) is 18.6. The summed E-state index contributed by atoms with van der Waals surface area (Å²) in [6.07, 6.45) is 3.68. The fourth-order valence-electron chi connectivity index (χ4n) is 3.96. The average Bonchev–Trinajstić information content (AvgIpc) is 2.80. The predicted octanol–water partition coefficient (Wildman–Crippen LogP) is 5.28. The van der Waals surface area contributed by atoms with E-state index in [1.807, 2.05) is 47.9 Å². The molecular weight excluding hydrogens is 384 g/mol. The number of benzene rings is 2. The molecule has 4 heteroatoms. The molecule has 0 fully saturated rings. The van der Waals surface area contributed by atoms with Gasteiger partial charge in [-0.05, 0) is 54.2 Å². The summed E-state index contributed by atoms with van der Waals surface area (Å²) in [7, 11) is 1.66. The summed E-state index contributed by atoms with van der Waals surface area (Å²) >= 11 is 0. The Morgan fingerprint density at radius 1 is 1.10 bits per heavy atom. The van der Waals surface area contributed by atoms with E-state index in [1.165, 1.54) is 0 Å². The number of ether oxygens (including phenoxy) is 1. The van der Waals surface area contributed by atoms with Crippen LogP contribution < -0.4 is 5.56 Å². The summed E-state index contributed by atoms with van der Waals surface area (Å²) in [5.74, 6) is 0. The highest BCUT2D eigenvalue weighted by Crippen LogP contribution is 2.24. The number of nitriles is 1. The van der Waals surface area contributed by atoms with Crippen molar-refractivity contribution in [1.29, 1.82) is 5.26 Å². The standard InChI is InChI=1S/C27H30N2O2/c1-4-5-8-23-17-20(2)29(15-16-31-3)27(30)26(23)18-21-11-13-22(14-12-21)25-10-7-6-9-24(25)19-28/h6-7,9-14,17H,4-5,8,15-16,18H2,1-3H3. The van der Waals surface area contributed by atoms with E-state index in [-0.39, 0.29) is 5.56 Å². The first kappa shape index (κ1) is 22.5. The van der Waals surface area contributed by atoms with Crippen molar-refractivity contribution in [2.24, 2.45) is 0 Å². The summed E-state index contributed by atoms with van der Waals surface area (Å²) in [5, 5.41) is 9.38. The number of hydrogen-bond acceptors (Lipinski definition) is 3. The van der Waals surface area contributed by atoms with Crippen molar-refractivity contribution >= 4 is 0 Å². The molecule has 1 aromatic heterocycles. The van der Waals surface area contributed by atoms with Gasteiger partial charge in [-0.15, -0.1) is 0 Å². The van der Waals surface area contributed by atoms with Crippen LogP contribution in [0.25, 0.3) is 11.1 Å². The maximum Gasteiger partial charge on any atom is 0.254 e. The van der Waals surface area contributed by atoms with E-state index >= 15 is 0 Å². The first-order chi connectivity index (χ1) is 15.1. The van der Waals surface area contributed by atoms with Gasteiger partial charge < -0.3 is 9.30 Å². The van der Waals surface area contributed by atoms with Crippen molar-refractivity contribution < 1.29 is 4.74 Å². The second kappa shape index (κ2) is 10.7. The fourth-order valence-corrected chi connectivity index (χ4v) is 3.96. The molecule has 0 aliphatic heterocycles. The quantitative estimate of drug-likeness (QED) is 0.479. The fraction of sp³-hybridized carbons (Fsp3) is 0.333. The van der Waals surface area contributed by atoms with Crippen LogP contribution in [0.1, 0.15) is 47.7 Å². The number of rotatable bonds is 9. The normalized spacial score (nSPS) is 10.8. The highest BCUT2D eigenvalue weighted by molar-refractivity contribution is 5.70. The summed E-state index contributed by atoms with van der Waals surface area (Å²) in [4.78, 5) is 13.3. The largest absolute Gasteiger partial charge is 0.383 e. The van der Waals surface area contributed by atoms with Crippen LogP contribution in [-0.4, -0.2) is 18.3 Å². The molecule has 0 spiro atoms. The van der Waals surface area contributed by atoms with Crippen molar-refractivity contribution in [1.82, 2.24) is 4.57 Å². The molecule has 0 saturated carbocycles. The van der Waals surface area contributed by atoms with Crippen molar-refractivity contribution in [3.05, 3.63) is 92.9 Å². The molecule has 0 saturated heterocycles. The Hall–Kier alpha value is -3.16. The van der Waals surface area contributed by atoms with Gasteiger partial charge in [-0.25, -0.2) is 0 Å². The summed E-state index contributed by atoms with van der Waals surface area (Å²) in [5.41, 5.74) is 6.79.